The van der Waals surface area contributed by atoms with E-state index in [2.05, 4.69) is 0 Å². The van der Waals surface area contributed by atoms with Crippen LogP contribution < -0.4 is 9.64 Å². The van der Waals surface area contributed by atoms with Crippen molar-refractivity contribution in [2.75, 3.05) is 12.0 Å². The van der Waals surface area contributed by atoms with Crippen molar-refractivity contribution in [2.24, 2.45) is 42.1 Å². The normalized spacial score (nSPS) is 27.7. The fraction of sp³-hybridized carbons (Fsp3) is 0.324. The maximum absolute atomic E-state index is 14.8. The molecule has 0 radical (unpaired) electrons. The molecule has 2 aliphatic heterocycles. The van der Waals surface area contributed by atoms with Crippen molar-refractivity contribution in [3.63, 3.8) is 0 Å². The summed E-state index contributed by atoms with van der Waals surface area (Å²) in [6.45, 7) is 3.79. The number of methoxy groups -OCH3 is 1. The summed E-state index contributed by atoms with van der Waals surface area (Å²) in [6.07, 6.45) is 5.97. The number of fused-ring (bicyclic) bond motifs is 5. The van der Waals surface area contributed by atoms with Gasteiger partial charge in [0, 0.05) is 28.8 Å². The summed E-state index contributed by atoms with van der Waals surface area (Å²) < 4.78 is 7.87. The number of hydrogen-bond donors (Lipinski definition) is 2. The minimum absolute atomic E-state index is 0.0224. The van der Waals surface area contributed by atoms with Crippen LogP contribution in [0.15, 0.2) is 60.2 Å². The molecule has 13 heteroatoms. The first-order chi connectivity index (χ1) is 23.8. The van der Waals surface area contributed by atoms with Gasteiger partial charge in [-0.25, -0.2) is 4.90 Å². The molecular weight excluding hydrogens is 680 g/mol. The number of amides is 4. The number of anilines is 1. The van der Waals surface area contributed by atoms with Crippen LogP contribution in [0, 0.1) is 41.9 Å². The van der Waals surface area contributed by atoms with E-state index in [1.807, 2.05) is 43.4 Å². The van der Waals surface area contributed by atoms with Crippen molar-refractivity contribution in [3.05, 3.63) is 76.3 Å². The zero-order chi connectivity index (χ0) is 35.4. The molecule has 6 atom stereocenters. The minimum Gasteiger partial charge on any atom is -0.504 e. The molecule has 11 nitrogen and oxygen atoms in total. The van der Waals surface area contributed by atoms with Crippen molar-refractivity contribution < 1.29 is 34.2 Å². The van der Waals surface area contributed by atoms with Gasteiger partial charge in [0.1, 0.15) is 11.5 Å². The average Bonchev–Trinajstić information content (AvgIpc) is 3.76. The Morgan fingerprint density at radius 3 is 2.60 bits per heavy atom. The molecule has 3 fully saturated rings. The van der Waals surface area contributed by atoms with Gasteiger partial charge in [0.25, 0.3) is 11.8 Å². The Bertz CT molecular complexity index is 2240. The highest BCUT2D eigenvalue weighted by Gasteiger charge is 2.67. The molecule has 2 saturated heterocycles. The molecule has 4 heterocycles. The quantitative estimate of drug-likeness (QED) is 0.143. The van der Waals surface area contributed by atoms with Gasteiger partial charge in [-0.3, -0.25) is 29.1 Å². The number of nitrogens with zero attached hydrogens (tertiary/aromatic N) is 4. The minimum atomic E-state index is -1.25. The first-order valence-electron chi connectivity index (χ1n) is 16.3. The Balaban J connectivity index is 1.23. The van der Waals surface area contributed by atoms with Crippen LogP contribution in [0.2, 0.25) is 5.02 Å². The maximum atomic E-state index is 14.8. The van der Waals surface area contributed by atoms with Gasteiger partial charge >= 0.3 is 0 Å². The largest absolute Gasteiger partial charge is 0.504 e. The number of hydroxylamine groups is 2. The molecule has 0 unspecified atom stereocenters. The number of thiophene rings is 1. The molecule has 0 bridgehead atoms. The number of carbonyl (C=O) groups is 4. The van der Waals surface area contributed by atoms with Gasteiger partial charge in [-0.15, -0.1) is 11.3 Å². The van der Waals surface area contributed by atoms with E-state index in [1.54, 1.807) is 48.2 Å². The van der Waals surface area contributed by atoms with Gasteiger partial charge in [-0.1, -0.05) is 41.5 Å². The molecule has 4 aromatic rings. The Morgan fingerprint density at radius 2 is 1.84 bits per heavy atom. The van der Waals surface area contributed by atoms with E-state index in [0.717, 1.165) is 26.1 Å². The van der Waals surface area contributed by atoms with Crippen molar-refractivity contribution in [1.82, 2.24) is 14.8 Å². The van der Waals surface area contributed by atoms with Crippen molar-refractivity contribution >= 4 is 68.5 Å². The predicted molar refractivity (Wildman–Crippen MR) is 186 cm³/mol. The fourth-order valence-corrected chi connectivity index (χ4v) is 9.96. The summed E-state index contributed by atoms with van der Waals surface area (Å²) in [4.78, 5) is 57.6. The predicted octanol–water partition coefficient (Wildman–Crippen LogP) is 6.14. The summed E-state index contributed by atoms with van der Waals surface area (Å²) in [5.74, 6) is -5.14. The van der Waals surface area contributed by atoms with Crippen molar-refractivity contribution in [2.45, 2.75) is 26.7 Å². The van der Waals surface area contributed by atoms with Gasteiger partial charge in [-0.05, 0) is 79.5 Å². The zero-order valence-corrected chi connectivity index (χ0v) is 29.2. The van der Waals surface area contributed by atoms with Gasteiger partial charge in [0.2, 0.25) is 11.8 Å². The number of phenolic OH excluding ortho intramolecular Hbond substituents is 1. The van der Waals surface area contributed by atoms with E-state index in [4.69, 9.17) is 21.4 Å². The summed E-state index contributed by atoms with van der Waals surface area (Å²) in [7, 11) is 3.15. The number of phenols is 1. The third-order valence-corrected chi connectivity index (χ3v) is 12.8. The first-order valence-corrected chi connectivity index (χ1v) is 17.5. The lowest BCUT2D eigenvalue weighted by Gasteiger charge is -2.47. The van der Waals surface area contributed by atoms with Gasteiger partial charge in [0.15, 0.2) is 11.5 Å². The lowest BCUT2D eigenvalue weighted by atomic mass is 9.52. The molecule has 256 valence electrons. The third kappa shape index (κ3) is 4.47. The average molecular weight is 713 g/mol. The number of halogens is 1. The van der Waals surface area contributed by atoms with Crippen molar-refractivity contribution in [1.29, 1.82) is 0 Å². The lowest BCUT2D eigenvalue weighted by molar-refractivity contribution is -0.173. The molecule has 50 heavy (non-hydrogen) atoms. The van der Waals surface area contributed by atoms with Crippen molar-refractivity contribution in [3.8, 4) is 22.1 Å². The smallest absolute Gasteiger partial charge is 0.257 e. The molecule has 8 rings (SSSR count). The number of aromatic hydroxyl groups is 1. The van der Waals surface area contributed by atoms with Crippen LogP contribution in [0.3, 0.4) is 0 Å². The zero-order valence-electron chi connectivity index (χ0n) is 27.6. The molecule has 2 N–H and O–H groups in total. The van der Waals surface area contributed by atoms with Crippen LogP contribution in [0.4, 0.5) is 5.82 Å². The van der Waals surface area contributed by atoms with Gasteiger partial charge in [0.05, 0.1) is 35.2 Å². The summed E-state index contributed by atoms with van der Waals surface area (Å²) in [5, 5.41) is 27.1. The summed E-state index contributed by atoms with van der Waals surface area (Å²) >= 11 is 7.84. The molecule has 2 aromatic heterocycles. The number of imide groups is 2. The molecule has 2 aliphatic carbocycles. The van der Waals surface area contributed by atoms with Crippen LogP contribution in [0.25, 0.3) is 26.7 Å². The summed E-state index contributed by atoms with van der Waals surface area (Å²) in [6, 6.07) is 12.3. The highest BCUT2D eigenvalue weighted by Crippen LogP contribution is 2.61. The SMILES string of the molecule is COc1cc(C=C[C@H]2C3=CC[C@@H]4C(=O)N(O)C(=O)[C@@H]4[C@@H]3C[C@H]3C(=O)N(c4cc(-c5sc6ccc(Cl)cc6c5C)nn4C)C(=O)[C@@]23C)ccc1O. The van der Waals surface area contributed by atoms with Crippen LogP contribution in [-0.2, 0) is 26.2 Å². The molecular formula is C37H33ClN4O7S. The molecule has 4 aliphatic rings. The van der Waals surface area contributed by atoms with Gasteiger partial charge < -0.3 is 9.84 Å². The highest BCUT2D eigenvalue weighted by atomic mass is 35.5. The molecule has 0 spiro atoms. The van der Waals surface area contributed by atoms with E-state index >= 15 is 0 Å². The Hall–Kier alpha value is -4.78. The number of rotatable bonds is 5. The molecule has 4 amide bonds. The van der Waals surface area contributed by atoms with Crippen LogP contribution in [0.1, 0.15) is 30.9 Å². The van der Waals surface area contributed by atoms with E-state index in [0.29, 0.717) is 22.1 Å². The third-order valence-electron chi connectivity index (χ3n) is 11.2. The highest BCUT2D eigenvalue weighted by molar-refractivity contribution is 7.22. The molecule has 2 aromatic carbocycles. The first kappa shape index (κ1) is 32.4. The summed E-state index contributed by atoms with van der Waals surface area (Å²) in [5.41, 5.74) is 1.84. The number of ether oxygens (including phenoxy) is 1. The Labute approximate surface area is 295 Å². The van der Waals surface area contributed by atoms with Crippen LogP contribution >= 0.6 is 22.9 Å². The lowest BCUT2D eigenvalue weighted by Crippen LogP contribution is -2.49. The van der Waals surface area contributed by atoms with E-state index in [9.17, 15) is 29.5 Å². The standard InChI is InChI=1S/C37H33ClN4O7S/c1-17-22-14-19(38)7-12-29(22)50-32(17)26-16-30(40(3)39-26)41-34(45)25-15-23-20(8-9-21-31(23)35(46)42(48)33(21)44)24(37(25,2)36(41)47)10-5-18-6-11-27(43)28(13-18)49-4/h5-8,10-14,16,21,23-25,31,43,48H,9,15H2,1-4H3/t21-,23+,24-,25-,31-,37-/m0/s1. The second-order valence-corrected chi connectivity index (χ2v) is 15.2. The number of carbonyl (C=O) groups excluding carboxylic acids is 4. The van der Waals surface area contributed by atoms with Gasteiger partial charge in [-0.2, -0.15) is 10.2 Å². The topological polar surface area (TPSA) is 142 Å². The number of aromatic nitrogens is 2. The van der Waals surface area contributed by atoms with E-state index < -0.39 is 52.7 Å². The van der Waals surface area contributed by atoms with Crippen LogP contribution in [0.5, 0.6) is 11.5 Å². The Kier molecular flexibility index (Phi) is 7.38. The Morgan fingerprint density at radius 1 is 1.06 bits per heavy atom. The number of hydrogen-bond acceptors (Lipinski definition) is 9. The molecule has 1 saturated carbocycles. The number of benzene rings is 2. The van der Waals surface area contributed by atoms with E-state index in [1.165, 1.54) is 18.1 Å². The fourth-order valence-electron chi connectivity index (χ4n) is 8.64. The number of aryl methyl sites for hydroxylation is 2. The number of allylic oxidation sites excluding steroid dienone is 3. The van der Waals surface area contributed by atoms with E-state index in [-0.39, 0.29) is 35.3 Å². The monoisotopic (exact) mass is 712 g/mol. The maximum Gasteiger partial charge on any atom is 0.257 e. The second-order valence-electron chi connectivity index (χ2n) is 13.7. The van der Waals surface area contributed by atoms with Crippen LogP contribution in [-0.4, -0.2) is 55.9 Å². The second kappa shape index (κ2) is 11.4.